The largest absolute Gasteiger partial charge is 0.481 e. The number of carbonyl (C=O) groups is 2. The fourth-order valence-corrected chi connectivity index (χ4v) is 2.59. The van der Waals surface area contributed by atoms with Crippen molar-refractivity contribution in [2.45, 2.75) is 32.2 Å². The highest BCUT2D eigenvalue weighted by Gasteiger charge is 2.50. The third-order valence-corrected chi connectivity index (χ3v) is 4.25. The van der Waals surface area contributed by atoms with Gasteiger partial charge in [0.15, 0.2) is 0 Å². The number of nitrogens with zero attached hydrogens (tertiary/aromatic N) is 1. The van der Waals surface area contributed by atoms with Gasteiger partial charge in [0.2, 0.25) is 0 Å². The second kappa shape index (κ2) is 5.56. The molecule has 7 heteroatoms. The maximum absolute atomic E-state index is 11.8. The minimum Gasteiger partial charge on any atom is -0.481 e. The minimum atomic E-state index is -0.834. The van der Waals surface area contributed by atoms with Gasteiger partial charge in [0.05, 0.1) is 11.5 Å². The number of nitrogens with one attached hydrogen (secondary N) is 2. The minimum absolute atomic E-state index is 0.125. The van der Waals surface area contributed by atoms with Crippen LogP contribution in [0.1, 0.15) is 37.2 Å². The molecule has 1 heterocycles. The zero-order valence-electron chi connectivity index (χ0n) is 10.7. The smallest absolute Gasteiger partial charge is 0.315 e. The molecule has 0 radical (unpaired) electrons. The molecule has 1 atom stereocenters. The Hall–Kier alpha value is -1.63. The first-order valence-electron chi connectivity index (χ1n) is 6.24. The number of aliphatic carboxylic acids is 1. The number of rotatable bonds is 6. The van der Waals surface area contributed by atoms with E-state index in [-0.39, 0.29) is 18.6 Å². The average Bonchev–Trinajstić information content (AvgIpc) is 3.00. The van der Waals surface area contributed by atoms with Crippen LogP contribution in [-0.2, 0) is 4.79 Å². The lowest BCUT2D eigenvalue weighted by Gasteiger charge is -2.16. The molecule has 0 aliphatic heterocycles. The summed E-state index contributed by atoms with van der Waals surface area (Å²) >= 11 is 1.49. The molecular formula is C12H17N3O3S. The fraction of sp³-hybridized carbons (Fsp3) is 0.583. The number of carbonyl (C=O) groups excluding carboxylic acids is 1. The van der Waals surface area contributed by atoms with Crippen molar-refractivity contribution in [1.29, 1.82) is 0 Å². The van der Waals surface area contributed by atoms with Crippen LogP contribution in [0.2, 0.25) is 0 Å². The highest BCUT2D eigenvalue weighted by atomic mass is 32.1. The molecule has 1 unspecified atom stereocenters. The van der Waals surface area contributed by atoms with Crippen LogP contribution in [0, 0.1) is 5.41 Å². The molecule has 0 spiro atoms. The van der Waals surface area contributed by atoms with Gasteiger partial charge in [-0.05, 0) is 19.3 Å². The second-order valence-electron chi connectivity index (χ2n) is 4.74. The molecule has 0 bridgehead atoms. The molecule has 2 amide bonds. The summed E-state index contributed by atoms with van der Waals surface area (Å²) in [5, 5.41) is 17.2. The van der Waals surface area contributed by atoms with Gasteiger partial charge in [-0.2, -0.15) is 0 Å². The molecule has 19 heavy (non-hydrogen) atoms. The number of urea groups is 1. The Morgan fingerprint density at radius 3 is 2.79 bits per heavy atom. The Morgan fingerprint density at radius 1 is 1.58 bits per heavy atom. The van der Waals surface area contributed by atoms with E-state index in [9.17, 15) is 9.59 Å². The van der Waals surface area contributed by atoms with Gasteiger partial charge in [0, 0.05) is 18.1 Å². The highest BCUT2D eigenvalue weighted by molar-refractivity contribution is 7.09. The standard InChI is InChI=1S/C12H17N3O3S/c1-2-8(9-13-5-6-19-9)15-11(18)14-7-12(3-4-12)10(16)17/h5-6,8H,2-4,7H2,1H3,(H,16,17)(H2,14,15,18). The molecule has 1 aromatic rings. The average molecular weight is 283 g/mol. The highest BCUT2D eigenvalue weighted by Crippen LogP contribution is 2.45. The topological polar surface area (TPSA) is 91.3 Å². The first-order chi connectivity index (χ1) is 9.07. The van der Waals surface area contributed by atoms with Crippen LogP contribution in [0.15, 0.2) is 11.6 Å². The molecule has 6 nitrogen and oxygen atoms in total. The summed E-state index contributed by atoms with van der Waals surface area (Å²) in [4.78, 5) is 26.9. The molecule has 1 aliphatic carbocycles. The third-order valence-electron chi connectivity index (χ3n) is 3.36. The zero-order chi connectivity index (χ0) is 13.9. The normalized spacial score (nSPS) is 17.5. The van der Waals surface area contributed by atoms with Crippen LogP contribution in [-0.4, -0.2) is 28.6 Å². The van der Waals surface area contributed by atoms with Crippen molar-refractivity contribution in [3.8, 4) is 0 Å². The van der Waals surface area contributed by atoms with Crippen molar-refractivity contribution in [1.82, 2.24) is 15.6 Å². The zero-order valence-corrected chi connectivity index (χ0v) is 11.5. The Morgan fingerprint density at radius 2 is 2.32 bits per heavy atom. The van der Waals surface area contributed by atoms with Gasteiger partial charge in [-0.25, -0.2) is 9.78 Å². The van der Waals surface area contributed by atoms with E-state index in [0.29, 0.717) is 12.8 Å². The van der Waals surface area contributed by atoms with Crippen molar-refractivity contribution in [3.05, 3.63) is 16.6 Å². The summed E-state index contributed by atoms with van der Waals surface area (Å²) in [5.41, 5.74) is -0.736. The fourth-order valence-electron chi connectivity index (χ4n) is 1.82. The van der Waals surface area contributed by atoms with Gasteiger partial charge >= 0.3 is 12.0 Å². The first-order valence-corrected chi connectivity index (χ1v) is 7.12. The van der Waals surface area contributed by atoms with Crippen molar-refractivity contribution in [2.75, 3.05) is 6.54 Å². The molecule has 3 N–H and O–H groups in total. The molecule has 104 valence electrons. The van der Waals surface area contributed by atoms with Gasteiger partial charge in [-0.3, -0.25) is 4.79 Å². The van der Waals surface area contributed by atoms with E-state index >= 15 is 0 Å². The molecular weight excluding hydrogens is 266 g/mol. The summed E-state index contributed by atoms with van der Waals surface area (Å²) in [6.07, 6.45) is 3.70. The van der Waals surface area contributed by atoms with Crippen LogP contribution in [0.4, 0.5) is 4.79 Å². The summed E-state index contributed by atoms with van der Waals surface area (Å²) in [6.45, 7) is 2.15. The van der Waals surface area contributed by atoms with Crippen LogP contribution < -0.4 is 10.6 Å². The molecule has 1 saturated carbocycles. The number of aromatic nitrogens is 1. The van der Waals surface area contributed by atoms with Gasteiger partial charge < -0.3 is 15.7 Å². The summed E-state index contributed by atoms with van der Waals surface area (Å²) in [6, 6.07) is -0.463. The van der Waals surface area contributed by atoms with Gasteiger partial charge in [0.1, 0.15) is 5.01 Å². The molecule has 2 rings (SSSR count). The summed E-state index contributed by atoms with van der Waals surface area (Å²) < 4.78 is 0. The number of carboxylic acids is 1. The number of carboxylic acid groups (broad SMARTS) is 1. The van der Waals surface area contributed by atoms with Crippen LogP contribution in [0.5, 0.6) is 0 Å². The van der Waals surface area contributed by atoms with E-state index in [0.717, 1.165) is 11.4 Å². The van der Waals surface area contributed by atoms with Gasteiger partial charge in [-0.1, -0.05) is 6.92 Å². The van der Waals surface area contributed by atoms with Gasteiger partial charge in [0.25, 0.3) is 0 Å². The van der Waals surface area contributed by atoms with Crippen molar-refractivity contribution in [3.63, 3.8) is 0 Å². The monoisotopic (exact) mass is 283 g/mol. The maximum Gasteiger partial charge on any atom is 0.315 e. The SMILES string of the molecule is CCC(NC(=O)NCC1(C(=O)O)CC1)c1nccs1. The molecule has 1 fully saturated rings. The van der Waals surface area contributed by atoms with E-state index in [2.05, 4.69) is 15.6 Å². The number of hydrogen-bond donors (Lipinski definition) is 3. The van der Waals surface area contributed by atoms with Crippen LogP contribution in [0.3, 0.4) is 0 Å². The van der Waals surface area contributed by atoms with Crippen LogP contribution in [0.25, 0.3) is 0 Å². The quantitative estimate of drug-likeness (QED) is 0.742. The second-order valence-corrected chi connectivity index (χ2v) is 5.67. The lowest BCUT2D eigenvalue weighted by atomic mass is 10.1. The Bertz CT molecular complexity index is 457. The maximum atomic E-state index is 11.8. The molecule has 1 aliphatic rings. The molecule has 0 aromatic carbocycles. The summed E-state index contributed by atoms with van der Waals surface area (Å²) in [5.74, 6) is -0.834. The van der Waals surface area contributed by atoms with Gasteiger partial charge in [-0.15, -0.1) is 11.3 Å². The third kappa shape index (κ3) is 3.23. The number of hydrogen-bond acceptors (Lipinski definition) is 4. The Labute approximate surface area is 115 Å². The summed E-state index contributed by atoms with van der Waals surface area (Å²) in [7, 11) is 0. The Kier molecular flexibility index (Phi) is 4.04. The van der Waals surface area contributed by atoms with E-state index in [1.54, 1.807) is 6.20 Å². The lowest BCUT2D eigenvalue weighted by Crippen LogP contribution is -2.42. The molecule has 0 saturated heterocycles. The first kappa shape index (κ1) is 13.8. The predicted octanol–water partition coefficient (Wildman–Crippen LogP) is 1.76. The molecule has 1 aromatic heterocycles. The number of amides is 2. The lowest BCUT2D eigenvalue weighted by molar-refractivity contribution is -0.143. The van der Waals surface area contributed by atoms with E-state index < -0.39 is 11.4 Å². The van der Waals surface area contributed by atoms with Crippen molar-refractivity contribution < 1.29 is 14.7 Å². The van der Waals surface area contributed by atoms with E-state index in [1.807, 2.05) is 12.3 Å². The van der Waals surface area contributed by atoms with E-state index in [4.69, 9.17) is 5.11 Å². The van der Waals surface area contributed by atoms with Crippen molar-refractivity contribution in [2.24, 2.45) is 5.41 Å². The van der Waals surface area contributed by atoms with Crippen molar-refractivity contribution >= 4 is 23.3 Å². The predicted molar refractivity (Wildman–Crippen MR) is 71.0 cm³/mol. The van der Waals surface area contributed by atoms with E-state index in [1.165, 1.54) is 11.3 Å². The van der Waals surface area contributed by atoms with Crippen LogP contribution >= 0.6 is 11.3 Å². The number of thiazole rings is 1. The Balaban J connectivity index is 1.82.